The number of rotatable bonds is 12. The molecule has 0 fully saturated rings. The summed E-state index contributed by atoms with van der Waals surface area (Å²) in [5.41, 5.74) is 3.63. The highest BCUT2D eigenvalue weighted by Crippen LogP contribution is 2.51. The van der Waals surface area contributed by atoms with E-state index in [0.717, 1.165) is 16.7 Å². The van der Waals surface area contributed by atoms with Crippen LogP contribution in [0.5, 0.6) is 28.7 Å². The van der Waals surface area contributed by atoms with Gasteiger partial charge in [-0.1, -0.05) is 24.3 Å². The molecule has 9 heteroatoms. The fourth-order valence-electron chi connectivity index (χ4n) is 5.22. The van der Waals surface area contributed by atoms with E-state index in [9.17, 15) is 25.5 Å². The van der Waals surface area contributed by atoms with E-state index in [4.69, 9.17) is 18.9 Å². The van der Waals surface area contributed by atoms with Gasteiger partial charge in [-0.3, -0.25) is 0 Å². The SMILES string of the molecule is COc1cc(C(O)C(CO)c2ccc(C3Oc4c(OC)cc(CCCO)cc4C3CO)cc2OC)ccc1O. The number of hydrogen-bond donors (Lipinski definition) is 5. The molecule has 4 rings (SSSR count). The molecule has 5 N–H and O–H groups in total. The molecule has 0 radical (unpaired) electrons. The van der Waals surface area contributed by atoms with E-state index in [1.165, 1.54) is 26.4 Å². The maximum atomic E-state index is 11.1. The fourth-order valence-corrected chi connectivity index (χ4v) is 5.22. The summed E-state index contributed by atoms with van der Waals surface area (Å²) in [5.74, 6) is 0.663. The second-order valence-electron chi connectivity index (χ2n) is 9.54. The van der Waals surface area contributed by atoms with Gasteiger partial charge < -0.3 is 44.5 Å². The number of aromatic hydroxyl groups is 1. The van der Waals surface area contributed by atoms with Gasteiger partial charge in [0.25, 0.3) is 0 Å². The van der Waals surface area contributed by atoms with Crippen LogP contribution in [0.1, 0.15) is 58.3 Å². The van der Waals surface area contributed by atoms with Crippen LogP contribution in [-0.2, 0) is 6.42 Å². The Balaban J connectivity index is 1.67. The molecule has 0 spiro atoms. The van der Waals surface area contributed by atoms with Crippen molar-refractivity contribution in [3.05, 3.63) is 76.3 Å². The topological polar surface area (TPSA) is 138 Å². The minimum absolute atomic E-state index is 0.0518. The molecular weight excluding hydrogens is 504 g/mol. The molecule has 0 saturated heterocycles. The molecule has 3 aromatic carbocycles. The lowest BCUT2D eigenvalue weighted by Crippen LogP contribution is -2.17. The first-order valence-corrected chi connectivity index (χ1v) is 12.8. The van der Waals surface area contributed by atoms with E-state index in [-0.39, 0.29) is 37.2 Å². The number of aliphatic hydroxyl groups excluding tert-OH is 4. The standard InChI is InChI=1S/C30H36O9/c1-36-25-14-19(6-8-20(25)22(15-32)28(35)18-7-9-24(34)26(13-18)37-2)29-23(16-33)21-11-17(5-4-10-31)12-27(38-3)30(21)39-29/h6-9,11-14,22-23,28-29,31-35H,4-5,10,15-16H2,1-3H3. The Labute approximate surface area is 227 Å². The quantitative estimate of drug-likeness (QED) is 0.234. The number of ether oxygens (including phenoxy) is 4. The van der Waals surface area contributed by atoms with Crippen LogP contribution < -0.4 is 18.9 Å². The van der Waals surface area contributed by atoms with E-state index in [1.807, 2.05) is 18.2 Å². The van der Waals surface area contributed by atoms with Crippen LogP contribution in [-0.4, -0.2) is 66.7 Å². The van der Waals surface area contributed by atoms with E-state index < -0.39 is 18.1 Å². The van der Waals surface area contributed by atoms with Crippen molar-refractivity contribution >= 4 is 0 Å². The number of fused-ring (bicyclic) bond motifs is 1. The first-order chi connectivity index (χ1) is 18.9. The molecule has 4 atom stereocenters. The molecule has 3 aromatic rings. The third-order valence-corrected chi connectivity index (χ3v) is 7.30. The summed E-state index contributed by atoms with van der Waals surface area (Å²) < 4.78 is 22.8. The maximum absolute atomic E-state index is 11.1. The van der Waals surface area contributed by atoms with Crippen molar-refractivity contribution in [3.8, 4) is 28.7 Å². The number of phenolic OH excluding ortho intramolecular Hbond substituents is 1. The van der Waals surface area contributed by atoms with Gasteiger partial charge in [0.1, 0.15) is 11.9 Å². The summed E-state index contributed by atoms with van der Waals surface area (Å²) in [5, 5.41) is 50.9. The average molecular weight is 541 g/mol. The Kier molecular flexibility index (Phi) is 9.19. The molecule has 0 aromatic heterocycles. The van der Waals surface area contributed by atoms with Crippen molar-refractivity contribution in [2.45, 2.75) is 36.9 Å². The van der Waals surface area contributed by atoms with Crippen LogP contribution in [0.3, 0.4) is 0 Å². The smallest absolute Gasteiger partial charge is 0.165 e. The number of aryl methyl sites for hydroxylation is 1. The minimum atomic E-state index is -1.11. The molecule has 0 amide bonds. The first-order valence-electron chi connectivity index (χ1n) is 12.8. The molecule has 1 heterocycles. The summed E-state index contributed by atoms with van der Waals surface area (Å²) in [6.07, 6.45) is -0.343. The van der Waals surface area contributed by atoms with E-state index in [2.05, 4.69) is 0 Å². The fraction of sp³-hybridized carbons (Fsp3) is 0.400. The number of aliphatic hydroxyl groups is 4. The highest BCUT2D eigenvalue weighted by Gasteiger charge is 2.38. The van der Waals surface area contributed by atoms with Gasteiger partial charge in [-0.2, -0.15) is 0 Å². The highest BCUT2D eigenvalue weighted by molar-refractivity contribution is 5.56. The van der Waals surface area contributed by atoms with Gasteiger partial charge >= 0.3 is 0 Å². The third kappa shape index (κ3) is 5.62. The van der Waals surface area contributed by atoms with Crippen LogP contribution in [0.15, 0.2) is 48.5 Å². The molecule has 0 saturated carbocycles. The van der Waals surface area contributed by atoms with Gasteiger partial charge in [0.2, 0.25) is 0 Å². The molecule has 0 aliphatic carbocycles. The summed E-state index contributed by atoms with van der Waals surface area (Å²) in [4.78, 5) is 0. The van der Waals surface area contributed by atoms with Crippen LogP contribution in [0.2, 0.25) is 0 Å². The lowest BCUT2D eigenvalue weighted by Gasteiger charge is -2.25. The average Bonchev–Trinajstić information content (AvgIpc) is 3.34. The zero-order valence-corrected chi connectivity index (χ0v) is 22.3. The van der Waals surface area contributed by atoms with E-state index in [0.29, 0.717) is 41.2 Å². The molecule has 0 bridgehead atoms. The predicted molar refractivity (Wildman–Crippen MR) is 144 cm³/mol. The lowest BCUT2D eigenvalue weighted by atomic mass is 9.86. The van der Waals surface area contributed by atoms with Gasteiger partial charge in [0.05, 0.1) is 46.6 Å². The normalized spacial score (nSPS) is 17.7. The molecule has 39 heavy (non-hydrogen) atoms. The van der Waals surface area contributed by atoms with Crippen molar-refractivity contribution in [1.82, 2.24) is 0 Å². The van der Waals surface area contributed by atoms with E-state index >= 15 is 0 Å². The largest absolute Gasteiger partial charge is 0.504 e. The van der Waals surface area contributed by atoms with Crippen LogP contribution in [0, 0.1) is 0 Å². The van der Waals surface area contributed by atoms with E-state index in [1.54, 1.807) is 25.3 Å². The van der Waals surface area contributed by atoms with Crippen LogP contribution >= 0.6 is 0 Å². The lowest BCUT2D eigenvalue weighted by molar-refractivity contribution is 0.105. The first kappa shape index (κ1) is 28.5. The van der Waals surface area contributed by atoms with Crippen LogP contribution in [0.4, 0.5) is 0 Å². The van der Waals surface area contributed by atoms with Crippen molar-refractivity contribution in [2.75, 3.05) is 41.2 Å². The second kappa shape index (κ2) is 12.6. The molecule has 1 aliphatic heterocycles. The van der Waals surface area contributed by atoms with Crippen molar-refractivity contribution < 1.29 is 44.5 Å². The third-order valence-electron chi connectivity index (χ3n) is 7.30. The molecule has 1 aliphatic rings. The van der Waals surface area contributed by atoms with Crippen LogP contribution in [0.25, 0.3) is 0 Å². The highest BCUT2D eigenvalue weighted by atomic mass is 16.5. The summed E-state index contributed by atoms with van der Waals surface area (Å²) in [7, 11) is 4.50. The summed E-state index contributed by atoms with van der Waals surface area (Å²) >= 11 is 0. The molecule has 4 unspecified atom stereocenters. The van der Waals surface area contributed by atoms with Crippen molar-refractivity contribution in [2.24, 2.45) is 0 Å². The summed E-state index contributed by atoms with van der Waals surface area (Å²) in [6.45, 7) is -0.439. The van der Waals surface area contributed by atoms with Gasteiger partial charge in [-0.25, -0.2) is 0 Å². The number of phenols is 1. The van der Waals surface area contributed by atoms with Gasteiger partial charge in [0, 0.05) is 23.7 Å². The molecule has 9 nitrogen and oxygen atoms in total. The Morgan fingerprint density at radius 1 is 0.872 bits per heavy atom. The van der Waals surface area contributed by atoms with Gasteiger partial charge in [-0.05, 0) is 53.8 Å². The number of benzene rings is 3. The monoisotopic (exact) mass is 540 g/mol. The van der Waals surface area contributed by atoms with Crippen molar-refractivity contribution in [1.29, 1.82) is 0 Å². The number of hydrogen-bond acceptors (Lipinski definition) is 9. The van der Waals surface area contributed by atoms with Crippen molar-refractivity contribution in [3.63, 3.8) is 0 Å². The zero-order chi connectivity index (χ0) is 28.1. The minimum Gasteiger partial charge on any atom is -0.504 e. The predicted octanol–water partition coefficient (Wildman–Crippen LogP) is 3.36. The zero-order valence-electron chi connectivity index (χ0n) is 22.3. The number of methoxy groups -OCH3 is 3. The summed E-state index contributed by atoms with van der Waals surface area (Å²) in [6, 6.07) is 13.8. The maximum Gasteiger partial charge on any atom is 0.165 e. The Morgan fingerprint density at radius 2 is 1.62 bits per heavy atom. The van der Waals surface area contributed by atoms with Gasteiger partial charge in [0.15, 0.2) is 23.0 Å². The Hall–Kier alpha value is -3.50. The molecule has 210 valence electrons. The van der Waals surface area contributed by atoms with Gasteiger partial charge in [-0.15, -0.1) is 0 Å². The Morgan fingerprint density at radius 3 is 2.26 bits per heavy atom. The Bertz CT molecular complexity index is 1280. The molecular formula is C30H36O9. The second-order valence-corrected chi connectivity index (χ2v) is 9.54.